The highest BCUT2D eigenvalue weighted by atomic mass is 16.1. The van der Waals surface area contributed by atoms with E-state index in [0.29, 0.717) is 24.7 Å². The lowest BCUT2D eigenvalue weighted by molar-refractivity contribution is -0.121. The summed E-state index contributed by atoms with van der Waals surface area (Å²) in [5.41, 5.74) is 3.54. The number of benzene rings is 1. The summed E-state index contributed by atoms with van der Waals surface area (Å²) < 4.78 is 1.86. The van der Waals surface area contributed by atoms with Crippen LogP contribution in [0.2, 0.25) is 0 Å². The van der Waals surface area contributed by atoms with Crippen LogP contribution in [0.3, 0.4) is 0 Å². The number of aryl methyl sites for hydroxylation is 1. The average molecular weight is 306 g/mol. The smallest absolute Gasteiger partial charge is 0.233 e. The van der Waals surface area contributed by atoms with E-state index in [2.05, 4.69) is 39.6 Å². The first-order valence-electron chi connectivity index (χ1n) is 7.93. The predicted octanol–water partition coefficient (Wildman–Crippen LogP) is 2.47. The zero-order chi connectivity index (χ0) is 15.6. The molecule has 1 unspecified atom stereocenters. The van der Waals surface area contributed by atoms with Gasteiger partial charge in [0.2, 0.25) is 11.7 Å². The molecule has 3 aromatic rings. The summed E-state index contributed by atoms with van der Waals surface area (Å²) in [5, 5.41) is 2.98. The van der Waals surface area contributed by atoms with Crippen LogP contribution in [0.1, 0.15) is 35.6 Å². The van der Waals surface area contributed by atoms with Gasteiger partial charge in [0.15, 0.2) is 0 Å². The first-order chi connectivity index (χ1) is 11.3. The Hall–Kier alpha value is -2.69. The van der Waals surface area contributed by atoms with E-state index in [0.717, 1.165) is 18.5 Å². The first kappa shape index (κ1) is 13.9. The topological polar surface area (TPSA) is 59.3 Å². The Bertz CT molecular complexity index is 822. The Labute approximate surface area is 134 Å². The average Bonchev–Trinajstić information content (AvgIpc) is 3.17. The molecule has 1 N–H and O–H groups in total. The van der Waals surface area contributed by atoms with E-state index in [1.54, 1.807) is 6.20 Å². The maximum absolute atomic E-state index is 12.2. The molecular weight excluding hydrogens is 288 g/mol. The Balaban J connectivity index is 1.37. The lowest BCUT2D eigenvalue weighted by Gasteiger charge is -2.11. The molecule has 5 nitrogen and oxygen atoms in total. The summed E-state index contributed by atoms with van der Waals surface area (Å²) in [6, 6.07) is 10.3. The lowest BCUT2D eigenvalue weighted by Crippen LogP contribution is -2.24. The molecule has 0 saturated carbocycles. The minimum atomic E-state index is 0.0803. The molecule has 23 heavy (non-hydrogen) atoms. The molecule has 0 fully saturated rings. The summed E-state index contributed by atoms with van der Waals surface area (Å²) in [6.45, 7) is 0.441. The van der Waals surface area contributed by atoms with Crippen LogP contribution in [-0.2, 0) is 17.8 Å². The van der Waals surface area contributed by atoms with E-state index in [1.165, 1.54) is 11.1 Å². The number of carbonyl (C=O) groups excluding carboxylic acids is 1. The van der Waals surface area contributed by atoms with Crippen LogP contribution in [0, 0.1) is 0 Å². The molecule has 0 saturated heterocycles. The highest BCUT2D eigenvalue weighted by molar-refractivity contribution is 5.77. The SMILES string of the molecule is O=C(CC1CCc2ccccc21)NCc1cn2cccnc2n1. The number of hydrogen-bond acceptors (Lipinski definition) is 3. The van der Waals surface area contributed by atoms with Crippen molar-refractivity contribution in [3.05, 3.63) is 65.7 Å². The van der Waals surface area contributed by atoms with Gasteiger partial charge in [-0.05, 0) is 36.0 Å². The van der Waals surface area contributed by atoms with Crippen LogP contribution in [0.15, 0.2) is 48.9 Å². The fourth-order valence-corrected chi connectivity index (χ4v) is 3.31. The van der Waals surface area contributed by atoms with Crippen LogP contribution in [0.25, 0.3) is 5.78 Å². The van der Waals surface area contributed by atoms with Crippen molar-refractivity contribution in [1.82, 2.24) is 19.7 Å². The molecular formula is C18H18N4O. The minimum absolute atomic E-state index is 0.0803. The van der Waals surface area contributed by atoms with Gasteiger partial charge >= 0.3 is 0 Å². The molecule has 0 bridgehead atoms. The molecule has 0 radical (unpaired) electrons. The monoisotopic (exact) mass is 306 g/mol. The normalized spacial score (nSPS) is 16.4. The molecule has 2 heterocycles. The number of aromatic nitrogens is 3. The Morgan fingerprint density at radius 1 is 1.30 bits per heavy atom. The fraction of sp³-hybridized carbons (Fsp3) is 0.278. The number of nitrogens with zero attached hydrogens (tertiary/aromatic N) is 3. The Morgan fingerprint density at radius 2 is 2.22 bits per heavy atom. The van der Waals surface area contributed by atoms with Gasteiger partial charge in [0, 0.05) is 25.0 Å². The Morgan fingerprint density at radius 3 is 3.13 bits per heavy atom. The maximum atomic E-state index is 12.2. The molecule has 116 valence electrons. The lowest BCUT2D eigenvalue weighted by atomic mass is 9.97. The maximum Gasteiger partial charge on any atom is 0.233 e. The van der Waals surface area contributed by atoms with Crippen molar-refractivity contribution in [3.63, 3.8) is 0 Å². The standard InChI is InChI=1S/C18H18N4O/c23-17(10-14-7-6-13-4-1-2-5-16(13)14)20-11-15-12-22-9-3-8-19-18(22)21-15/h1-5,8-9,12,14H,6-7,10-11H2,(H,20,23). The summed E-state index contributed by atoms with van der Waals surface area (Å²) in [4.78, 5) is 20.8. The molecule has 1 aliphatic carbocycles. The predicted molar refractivity (Wildman–Crippen MR) is 87.0 cm³/mol. The summed E-state index contributed by atoms with van der Waals surface area (Å²) in [6.07, 6.45) is 8.19. The number of amides is 1. The van der Waals surface area contributed by atoms with E-state index in [1.807, 2.05) is 22.9 Å². The number of carbonyl (C=O) groups is 1. The second-order valence-corrected chi connectivity index (χ2v) is 5.97. The molecule has 1 amide bonds. The fourth-order valence-electron chi connectivity index (χ4n) is 3.31. The molecule has 0 aliphatic heterocycles. The quantitative estimate of drug-likeness (QED) is 0.805. The second kappa shape index (κ2) is 5.83. The molecule has 5 heteroatoms. The molecule has 0 spiro atoms. The molecule has 4 rings (SSSR count). The third kappa shape index (κ3) is 2.82. The van der Waals surface area contributed by atoms with Crippen molar-refractivity contribution in [1.29, 1.82) is 0 Å². The van der Waals surface area contributed by atoms with Crippen LogP contribution < -0.4 is 5.32 Å². The van der Waals surface area contributed by atoms with Crippen molar-refractivity contribution < 1.29 is 4.79 Å². The van der Waals surface area contributed by atoms with Crippen LogP contribution in [0.5, 0.6) is 0 Å². The first-order valence-corrected chi connectivity index (χ1v) is 7.93. The van der Waals surface area contributed by atoms with E-state index >= 15 is 0 Å². The van der Waals surface area contributed by atoms with Crippen molar-refractivity contribution in [2.75, 3.05) is 0 Å². The van der Waals surface area contributed by atoms with Crippen molar-refractivity contribution in [2.24, 2.45) is 0 Å². The van der Waals surface area contributed by atoms with Gasteiger partial charge in [-0.2, -0.15) is 0 Å². The third-order valence-electron chi connectivity index (χ3n) is 4.44. The Kier molecular flexibility index (Phi) is 3.54. The van der Waals surface area contributed by atoms with Crippen molar-refractivity contribution in [3.8, 4) is 0 Å². The van der Waals surface area contributed by atoms with Gasteiger partial charge in [-0.25, -0.2) is 9.97 Å². The van der Waals surface area contributed by atoms with Gasteiger partial charge in [-0.3, -0.25) is 9.20 Å². The van der Waals surface area contributed by atoms with Crippen LogP contribution in [0.4, 0.5) is 0 Å². The van der Waals surface area contributed by atoms with Gasteiger partial charge in [0.1, 0.15) is 0 Å². The molecule has 1 atom stereocenters. The largest absolute Gasteiger partial charge is 0.350 e. The zero-order valence-corrected chi connectivity index (χ0v) is 12.8. The summed E-state index contributed by atoms with van der Waals surface area (Å²) >= 11 is 0. The summed E-state index contributed by atoms with van der Waals surface area (Å²) in [5.74, 6) is 1.08. The highest BCUT2D eigenvalue weighted by Gasteiger charge is 2.24. The number of imidazole rings is 1. The number of fused-ring (bicyclic) bond motifs is 2. The second-order valence-electron chi connectivity index (χ2n) is 5.97. The summed E-state index contributed by atoms with van der Waals surface area (Å²) in [7, 11) is 0. The molecule has 2 aromatic heterocycles. The van der Waals surface area contributed by atoms with E-state index in [9.17, 15) is 4.79 Å². The van der Waals surface area contributed by atoms with Gasteiger partial charge in [-0.15, -0.1) is 0 Å². The third-order valence-corrected chi connectivity index (χ3v) is 4.44. The number of nitrogens with one attached hydrogen (secondary N) is 1. The molecule has 1 aliphatic rings. The minimum Gasteiger partial charge on any atom is -0.350 e. The van der Waals surface area contributed by atoms with Gasteiger partial charge < -0.3 is 5.32 Å². The van der Waals surface area contributed by atoms with E-state index in [4.69, 9.17) is 0 Å². The van der Waals surface area contributed by atoms with Crippen LogP contribution in [-0.4, -0.2) is 20.3 Å². The van der Waals surface area contributed by atoms with Crippen molar-refractivity contribution in [2.45, 2.75) is 31.7 Å². The van der Waals surface area contributed by atoms with Gasteiger partial charge in [-0.1, -0.05) is 24.3 Å². The van der Waals surface area contributed by atoms with Crippen LogP contribution >= 0.6 is 0 Å². The molecule has 1 aromatic carbocycles. The number of hydrogen-bond donors (Lipinski definition) is 1. The van der Waals surface area contributed by atoms with Gasteiger partial charge in [0.05, 0.1) is 12.2 Å². The zero-order valence-electron chi connectivity index (χ0n) is 12.8. The van der Waals surface area contributed by atoms with Gasteiger partial charge in [0.25, 0.3) is 0 Å². The van der Waals surface area contributed by atoms with E-state index in [-0.39, 0.29) is 5.91 Å². The van der Waals surface area contributed by atoms with Crippen molar-refractivity contribution >= 4 is 11.7 Å². The number of rotatable bonds is 4. The highest BCUT2D eigenvalue weighted by Crippen LogP contribution is 2.35. The van der Waals surface area contributed by atoms with E-state index < -0.39 is 0 Å².